The predicted molar refractivity (Wildman–Crippen MR) is 126 cm³/mol. The van der Waals surface area contributed by atoms with Crippen LogP contribution in [0.3, 0.4) is 0 Å². The Morgan fingerprint density at radius 3 is 2.22 bits per heavy atom. The largest absolute Gasteiger partial charge is 0.353 e. The average molecular weight is 500 g/mol. The number of carbonyl (C=O) groups is 1. The second kappa shape index (κ2) is 10.5. The Morgan fingerprint density at radius 2 is 1.59 bits per heavy atom. The lowest BCUT2D eigenvalue weighted by atomic mass is 9.84. The lowest BCUT2D eigenvalue weighted by Gasteiger charge is -2.31. The van der Waals surface area contributed by atoms with E-state index in [1.807, 2.05) is 6.92 Å². The van der Waals surface area contributed by atoms with Gasteiger partial charge in [-0.2, -0.15) is 0 Å². The van der Waals surface area contributed by atoms with Gasteiger partial charge in [0.05, 0.1) is 10.8 Å². The van der Waals surface area contributed by atoms with Gasteiger partial charge in [0.25, 0.3) is 0 Å². The topological polar surface area (TPSA) is 63.2 Å². The SMILES string of the molecule is C[C@H](C(=O)N[C@H](C)C1CCCCC1)C(c1cc(Cl)ccc1F)S(=O)(=O)c1ccc(Cl)cc1. The van der Waals surface area contributed by atoms with Gasteiger partial charge in [-0.15, -0.1) is 0 Å². The van der Waals surface area contributed by atoms with E-state index in [9.17, 15) is 17.6 Å². The molecule has 3 atom stereocenters. The predicted octanol–water partition coefficient (Wildman–Crippen LogP) is 6.37. The standard InChI is InChI=1S/C24H28Cl2FNO3S/c1-15(24(29)28-16(2)17-6-4-3-5-7-17)23(21-14-19(26)10-13-22(21)27)32(30,31)20-11-8-18(25)9-12-20/h8-17,23H,3-7H2,1-2H3,(H,28,29)/t15-,16+,23?/m0/s1. The van der Waals surface area contributed by atoms with Crippen LogP contribution in [0.1, 0.15) is 56.8 Å². The Hall–Kier alpha value is -1.63. The summed E-state index contributed by atoms with van der Waals surface area (Å²) in [6, 6.07) is 9.30. The molecule has 0 radical (unpaired) electrons. The van der Waals surface area contributed by atoms with Crippen LogP contribution in [0.2, 0.25) is 10.0 Å². The zero-order chi connectivity index (χ0) is 23.5. The summed E-state index contributed by atoms with van der Waals surface area (Å²) in [5, 5.41) is 2.11. The fourth-order valence-corrected chi connectivity index (χ4v) is 6.75. The third-order valence-electron chi connectivity index (χ3n) is 6.34. The molecule has 1 aliphatic rings. The second-order valence-corrected chi connectivity index (χ2v) is 11.5. The van der Waals surface area contributed by atoms with Crippen molar-refractivity contribution in [1.29, 1.82) is 0 Å². The summed E-state index contributed by atoms with van der Waals surface area (Å²) < 4.78 is 42.0. The molecule has 2 aromatic carbocycles. The van der Waals surface area contributed by atoms with E-state index < -0.39 is 32.7 Å². The Morgan fingerprint density at radius 1 is 1.00 bits per heavy atom. The van der Waals surface area contributed by atoms with Gasteiger partial charge < -0.3 is 5.32 Å². The van der Waals surface area contributed by atoms with Crippen LogP contribution in [0, 0.1) is 17.7 Å². The van der Waals surface area contributed by atoms with Gasteiger partial charge in [0.15, 0.2) is 9.84 Å². The van der Waals surface area contributed by atoms with Crippen LogP contribution in [0.5, 0.6) is 0 Å². The Kier molecular flexibility index (Phi) is 8.23. The van der Waals surface area contributed by atoms with E-state index in [0.717, 1.165) is 31.7 Å². The van der Waals surface area contributed by atoms with Crippen molar-refractivity contribution >= 4 is 38.9 Å². The fraction of sp³-hybridized carbons (Fsp3) is 0.458. The maximum Gasteiger partial charge on any atom is 0.224 e. The Labute approximate surface area is 199 Å². The molecule has 3 rings (SSSR count). The molecule has 1 amide bonds. The molecule has 0 aromatic heterocycles. The first kappa shape index (κ1) is 25.0. The van der Waals surface area contributed by atoms with E-state index in [4.69, 9.17) is 23.2 Å². The quantitative estimate of drug-likeness (QED) is 0.481. The molecule has 0 aliphatic heterocycles. The molecule has 4 nitrogen and oxygen atoms in total. The minimum Gasteiger partial charge on any atom is -0.353 e. The van der Waals surface area contributed by atoms with Crippen molar-refractivity contribution in [3.8, 4) is 0 Å². The molecule has 1 unspecified atom stereocenters. The summed E-state index contributed by atoms with van der Waals surface area (Å²) >= 11 is 12.0. The maximum absolute atomic E-state index is 14.8. The zero-order valence-corrected chi connectivity index (χ0v) is 20.5. The monoisotopic (exact) mass is 499 g/mol. The molecular weight excluding hydrogens is 472 g/mol. The van der Waals surface area contributed by atoms with Crippen molar-refractivity contribution in [2.45, 2.75) is 62.1 Å². The second-order valence-electron chi connectivity index (χ2n) is 8.57. The van der Waals surface area contributed by atoms with Gasteiger partial charge in [-0.05, 0) is 68.1 Å². The van der Waals surface area contributed by atoms with Crippen molar-refractivity contribution in [2.24, 2.45) is 11.8 Å². The van der Waals surface area contributed by atoms with Gasteiger partial charge in [-0.3, -0.25) is 4.79 Å². The summed E-state index contributed by atoms with van der Waals surface area (Å²) in [4.78, 5) is 13.2. The molecule has 2 aromatic rings. The minimum atomic E-state index is -4.13. The normalized spacial score (nSPS) is 18.0. The van der Waals surface area contributed by atoms with Crippen molar-refractivity contribution in [3.63, 3.8) is 0 Å². The number of hydrogen-bond donors (Lipinski definition) is 1. The number of nitrogens with one attached hydrogen (secondary N) is 1. The van der Waals surface area contributed by atoms with Crippen molar-refractivity contribution in [3.05, 3.63) is 63.9 Å². The Bertz CT molecular complexity index is 1050. The molecule has 1 saturated carbocycles. The Balaban J connectivity index is 1.97. The average Bonchev–Trinajstić information content (AvgIpc) is 2.77. The number of hydrogen-bond acceptors (Lipinski definition) is 3. The molecule has 8 heteroatoms. The van der Waals surface area contributed by atoms with E-state index in [1.165, 1.54) is 49.7 Å². The molecule has 0 spiro atoms. The maximum atomic E-state index is 14.8. The number of benzene rings is 2. The van der Waals surface area contributed by atoms with Crippen molar-refractivity contribution < 1.29 is 17.6 Å². The molecule has 0 saturated heterocycles. The van der Waals surface area contributed by atoms with Crippen LogP contribution >= 0.6 is 23.2 Å². The molecule has 174 valence electrons. The highest BCUT2D eigenvalue weighted by molar-refractivity contribution is 7.91. The highest BCUT2D eigenvalue weighted by Crippen LogP contribution is 2.38. The summed E-state index contributed by atoms with van der Waals surface area (Å²) in [6.45, 7) is 3.46. The third-order valence-corrected chi connectivity index (χ3v) is 9.08. The van der Waals surface area contributed by atoms with Gasteiger partial charge in [0, 0.05) is 21.7 Å². The number of amides is 1. The van der Waals surface area contributed by atoms with Crippen LogP contribution in [0.15, 0.2) is 47.4 Å². The van der Waals surface area contributed by atoms with E-state index in [1.54, 1.807) is 0 Å². The molecule has 0 heterocycles. The van der Waals surface area contributed by atoms with Crippen LogP contribution in [-0.2, 0) is 14.6 Å². The minimum absolute atomic E-state index is 0.0359. The van der Waals surface area contributed by atoms with Crippen LogP contribution in [0.4, 0.5) is 4.39 Å². The smallest absolute Gasteiger partial charge is 0.224 e. The van der Waals surface area contributed by atoms with Crippen LogP contribution in [-0.4, -0.2) is 20.4 Å². The molecule has 0 bridgehead atoms. The lowest BCUT2D eigenvalue weighted by molar-refractivity contribution is -0.125. The zero-order valence-electron chi connectivity index (χ0n) is 18.2. The molecule has 1 N–H and O–H groups in total. The van der Waals surface area contributed by atoms with E-state index in [2.05, 4.69) is 5.32 Å². The van der Waals surface area contributed by atoms with Crippen molar-refractivity contribution in [1.82, 2.24) is 5.32 Å². The molecule has 1 fully saturated rings. The van der Waals surface area contributed by atoms with Gasteiger partial charge >= 0.3 is 0 Å². The molecular formula is C24H28Cl2FNO3S. The molecule has 32 heavy (non-hydrogen) atoms. The van der Waals surface area contributed by atoms with Crippen LogP contribution < -0.4 is 5.32 Å². The summed E-state index contributed by atoms with van der Waals surface area (Å²) in [5.41, 5.74) is -0.125. The van der Waals surface area contributed by atoms with E-state index in [-0.39, 0.29) is 21.5 Å². The van der Waals surface area contributed by atoms with E-state index >= 15 is 0 Å². The van der Waals surface area contributed by atoms with Gasteiger partial charge in [-0.25, -0.2) is 12.8 Å². The third kappa shape index (κ3) is 5.64. The van der Waals surface area contributed by atoms with Gasteiger partial charge in [-0.1, -0.05) is 49.4 Å². The molecule has 1 aliphatic carbocycles. The summed E-state index contributed by atoms with van der Waals surface area (Å²) in [6.07, 6.45) is 5.52. The lowest BCUT2D eigenvalue weighted by Crippen LogP contribution is -2.43. The first-order chi connectivity index (χ1) is 15.1. The number of rotatable bonds is 7. The fourth-order valence-electron chi connectivity index (χ4n) is 4.45. The number of halogens is 3. The number of carbonyl (C=O) groups excluding carboxylic acids is 1. The van der Waals surface area contributed by atoms with Gasteiger partial charge in [0.2, 0.25) is 5.91 Å². The number of sulfone groups is 1. The highest BCUT2D eigenvalue weighted by atomic mass is 35.5. The van der Waals surface area contributed by atoms with Crippen LogP contribution in [0.25, 0.3) is 0 Å². The summed E-state index contributed by atoms with van der Waals surface area (Å²) in [7, 11) is -4.13. The first-order valence-corrected chi connectivity index (χ1v) is 13.2. The van der Waals surface area contributed by atoms with Gasteiger partial charge in [0.1, 0.15) is 11.1 Å². The highest BCUT2D eigenvalue weighted by Gasteiger charge is 2.40. The summed E-state index contributed by atoms with van der Waals surface area (Å²) in [5.74, 6) is -1.84. The van der Waals surface area contributed by atoms with E-state index in [0.29, 0.717) is 10.9 Å². The van der Waals surface area contributed by atoms with Crippen molar-refractivity contribution in [2.75, 3.05) is 0 Å². The first-order valence-electron chi connectivity index (χ1n) is 10.9.